The van der Waals surface area contributed by atoms with E-state index in [1.807, 2.05) is 6.07 Å². The molecule has 1 aromatic heterocycles. The number of halogens is 1. The van der Waals surface area contributed by atoms with Gasteiger partial charge in [-0.3, -0.25) is 0 Å². The molecule has 76 valence electrons. The second kappa shape index (κ2) is 4.13. The standard InChI is InChI=1S/C10H14ClN3/c1-2-7-14(8-3-4-8)10-6-5-9(11)12-13-10/h5-6,8H,2-4,7H2,1H3. The van der Waals surface area contributed by atoms with Crippen LogP contribution < -0.4 is 4.90 Å². The van der Waals surface area contributed by atoms with Crippen LogP contribution in [0.25, 0.3) is 0 Å². The number of hydrogen-bond donors (Lipinski definition) is 0. The molecule has 0 amide bonds. The maximum Gasteiger partial charge on any atom is 0.151 e. The average molecular weight is 212 g/mol. The van der Waals surface area contributed by atoms with Crippen LogP contribution in [0.3, 0.4) is 0 Å². The Kier molecular flexibility index (Phi) is 2.87. The van der Waals surface area contributed by atoms with Crippen molar-refractivity contribution in [2.45, 2.75) is 32.2 Å². The molecule has 0 unspecified atom stereocenters. The third-order valence-electron chi connectivity index (χ3n) is 2.36. The topological polar surface area (TPSA) is 29.0 Å². The molecule has 0 N–H and O–H groups in total. The smallest absolute Gasteiger partial charge is 0.151 e. The first kappa shape index (κ1) is 9.71. The third kappa shape index (κ3) is 2.15. The summed E-state index contributed by atoms with van der Waals surface area (Å²) < 4.78 is 0. The van der Waals surface area contributed by atoms with E-state index in [0.29, 0.717) is 11.2 Å². The Bertz CT molecular complexity index is 295. The van der Waals surface area contributed by atoms with E-state index >= 15 is 0 Å². The van der Waals surface area contributed by atoms with E-state index in [1.54, 1.807) is 6.07 Å². The monoisotopic (exact) mass is 211 g/mol. The van der Waals surface area contributed by atoms with Crippen LogP contribution in [-0.2, 0) is 0 Å². The van der Waals surface area contributed by atoms with Gasteiger partial charge in [0.05, 0.1) is 0 Å². The molecule has 0 radical (unpaired) electrons. The van der Waals surface area contributed by atoms with Gasteiger partial charge in [-0.05, 0) is 31.4 Å². The minimum absolute atomic E-state index is 0.459. The zero-order valence-corrected chi connectivity index (χ0v) is 9.04. The lowest BCUT2D eigenvalue weighted by Gasteiger charge is -2.21. The van der Waals surface area contributed by atoms with Gasteiger partial charge >= 0.3 is 0 Å². The number of aromatic nitrogens is 2. The van der Waals surface area contributed by atoms with Crippen LogP contribution >= 0.6 is 11.6 Å². The Hall–Kier alpha value is -0.830. The molecular formula is C10H14ClN3. The molecule has 1 fully saturated rings. The SMILES string of the molecule is CCCN(c1ccc(Cl)nn1)C1CC1. The van der Waals surface area contributed by atoms with Gasteiger partial charge < -0.3 is 4.90 Å². The zero-order valence-electron chi connectivity index (χ0n) is 8.28. The summed E-state index contributed by atoms with van der Waals surface area (Å²) in [5, 5.41) is 8.43. The first-order chi connectivity index (χ1) is 6.81. The molecule has 1 aliphatic rings. The molecule has 2 rings (SSSR count). The lowest BCUT2D eigenvalue weighted by molar-refractivity contribution is 0.740. The van der Waals surface area contributed by atoms with E-state index in [1.165, 1.54) is 12.8 Å². The van der Waals surface area contributed by atoms with Crippen LogP contribution in [0.4, 0.5) is 5.82 Å². The minimum atomic E-state index is 0.459. The third-order valence-corrected chi connectivity index (χ3v) is 2.57. The highest BCUT2D eigenvalue weighted by atomic mass is 35.5. The zero-order chi connectivity index (χ0) is 9.97. The van der Waals surface area contributed by atoms with Gasteiger partial charge in [0.1, 0.15) is 0 Å². The predicted octanol–water partition coefficient (Wildman–Crippen LogP) is 2.51. The van der Waals surface area contributed by atoms with Gasteiger partial charge in [-0.2, -0.15) is 0 Å². The van der Waals surface area contributed by atoms with E-state index in [0.717, 1.165) is 18.8 Å². The van der Waals surface area contributed by atoms with Crippen LogP contribution in [0, 0.1) is 0 Å². The van der Waals surface area contributed by atoms with Crippen molar-refractivity contribution >= 4 is 17.4 Å². The molecule has 14 heavy (non-hydrogen) atoms. The average Bonchev–Trinajstić information content (AvgIpc) is 2.99. The van der Waals surface area contributed by atoms with Gasteiger partial charge in [0.15, 0.2) is 11.0 Å². The lowest BCUT2D eigenvalue weighted by atomic mass is 10.3. The summed E-state index contributed by atoms with van der Waals surface area (Å²) in [5.41, 5.74) is 0. The van der Waals surface area contributed by atoms with Crippen molar-refractivity contribution in [1.29, 1.82) is 0 Å². The lowest BCUT2D eigenvalue weighted by Crippen LogP contribution is -2.27. The molecule has 1 aromatic rings. The molecular weight excluding hydrogens is 198 g/mol. The van der Waals surface area contributed by atoms with Gasteiger partial charge in [0.2, 0.25) is 0 Å². The van der Waals surface area contributed by atoms with Crippen molar-refractivity contribution in [2.24, 2.45) is 0 Å². The fourth-order valence-corrected chi connectivity index (χ4v) is 1.67. The summed E-state index contributed by atoms with van der Waals surface area (Å²) in [6.07, 6.45) is 3.70. The Morgan fingerprint density at radius 1 is 1.43 bits per heavy atom. The van der Waals surface area contributed by atoms with E-state index in [9.17, 15) is 0 Å². The highest BCUT2D eigenvalue weighted by molar-refractivity contribution is 6.29. The number of nitrogens with zero attached hydrogens (tertiary/aromatic N) is 3. The molecule has 0 aromatic carbocycles. The van der Waals surface area contributed by atoms with Gasteiger partial charge in [-0.15, -0.1) is 10.2 Å². The number of hydrogen-bond acceptors (Lipinski definition) is 3. The van der Waals surface area contributed by atoms with E-state index in [-0.39, 0.29) is 0 Å². The van der Waals surface area contributed by atoms with Gasteiger partial charge in [-0.1, -0.05) is 18.5 Å². The second-order valence-electron chi connectivity index (χ2n) is 3.64. The molecule has 0 aliphatic heterocycles. The van der Waals surface area contributed by atoms with Gasteiger partial charge in [-0.25, -0.2) is 0 Å². The van der Waals surface area contributed by atoms with Crippen molar-refractivity contribution in [2.75, 3.05) is 11.4 Å². The summed E-state index contributed by atoms with van der Waals surface area (Å²) in [4.78, 5) is 2.32. The summed E-state index contributed by atoms with van der Waals surface area (Å²) >= 11 is 5.70. The fourth-order valence-electron chi connectivity index (χ4n) is 1.57. The first-order valence-corrected chi connectivity index (χ1v) is 5.45. The quantitative estimate of drug-likeness (QED) is 0.767. The first-order valence-electron chi connectivity index (χ1n) is 5.07. The molecule has 0 bridgehead atoms. The second-order valence-corrected chi connectivity index (χ2v) is 4.03. The maximum atomic E-state index is 5.70. The normalized spacial score (nSPS) is 15.6. The molecule has 1 aliphatic carbocycles. The van der Waals surface area contributed by atoms with E-state index < -0.39 is 0 Å². The molecule has 0 spiro atoms. The fraction of sp³-hybridized carbons (Fsp3) is 0.600. The summed E-state index contributed by atoms with van der Waals surface area (Å²) in [6, 6.07) is 4.43. The molecule has 0 atom stereocenters. The van der Waals surface area contributed by atoms with Crippen molar-refractivity contribution in [3.63, 3.8) is 0 Å². The predicted molar refractivity (Wildman–Crippen MR) is 57.7 cm³/mol. The summed E-state index contributed by atoms with van der Waals surface area (Å²) in [7, 11) is 0. The highest BCUT2D eigenvalue weighted by Crippen LogP contribution is 2.30. The molecule has 1 saturated carbocycles. The number of anilines is 1. The Labute approximate surface area is 89.1 Å². The van der Waals surface area contributed by atoms with Crippen molar-refractivity contribution in [1.82, 2.24) is 10.2 Å². The van der Waals surface area contributed by atoms with E-state index in [4.69, 9.17) is 11.6 Å². The number of rotatable bonds is 4. The molecule has 1 heterocycles. The summed E-state index contributed by atoms with van der Waals surface area (Å²) in [5.74, 6) is 0.957. The molecule has 4 heteroatoms. The minimum Gasteiger partial charge on any atom is -0.352 e. The van der Waals surface area contributed by atoms with Gasteiger partial charge in [0, 0.05) is 12.6 Å². The highest BCUT2D eigenvalue weighted by Gasteiger charge is 2.29. The van der Waals surface area contributed by atoms with Crippen LogP contribution in [0.5, 0.6) is 0 Å². The molecule has 0 saturated heterocycles. The van der Waals surface area contributed by atoms with Crippen LogP contribution in [0.15, 0.2) is 12.1 Å². The van der Waals surface area contributed by atoms with Crippen LogP contribution in [-0.4, -0.2) is 22.8 Å². The van der Waals surface area contributed by atoms with Gasteiger partial charge in [0.25, 0.3) is 0 Å². The van der Waals surface area contributed by atoms with Crippen LogP contribution in [0.2, 0.25) is 5.15 Å². The Morgan fingerprint density at radius 3 is 2.71 bits per heavy atom. The van der Waals surface area contributed by atoms with Crippen molar-refractivity contribution < 1.29 is 0 Å². The van der Waals surface area contributed by atoms with Crippen molar-refractivity contribution in [3.05, 3.63) is 17.3 Å². The summed E-state index contributed by atoms with van der Waals surface area (Å²) in [6.45, 7) is 3.24. The van der Waals surface area contributed by atoms with E-state index in [2.05, 4.69) is 22.0 Å². The van der Waals surface area contributed by atoms with Crippen LogP contribution in [0.1, 0.15) is 26.2 Å². The largest absolute Gasteiger partial charge is 0.352 e. The molecule has 3 nitrogen and oxygen atoms in total. The Morgan fingerprint density at radius 2 is 2.21 bits per heavy atom. The Balaban J connectivity index is 2.13. The maximum absolute atomic E-state index is 5.70. The van der Waals surface area contributed by atoms with Crippen molar-refractivity contribution in [3.8, 4) is 0 Å².